The van der Waals surface area contributed by atoms with Crippen LogP contribution in [0.5, 0.6) is 0 Å². The van der Waals surface area contributed by atoms with Crippen LogP contribution in [0.4, 0.5) is 0 Å². The van der Waals surface area contributed by atoms with Crippen molar-refractivity contribution in [2.45, 2.75) is 199 Å². The number of carbonyl (C=O) groups excluding carboxylic acids is 2. The largest absolute Gasteiger partial charge is 0.469 e. The molecule has 0 aromatic rings. The second-order valence-corrected chi connectivity index (χ2v) is 15.4. The van der Waals surface area contributed by atoms with E-state index in [1.165, 1.54) is 83.5 Å². The van der Waals surface area contributed by atoms with Crippen LogP contribution < -0.4 is 0 Å². The van der Waals surface area contributed by atoms with Crippen molar-refractivity contribution in [1.29, 1.82) is 0 Å². The lowest BCUT2D eigenvalue weighted by Gasteiger charge is -2.18. The number of esters is 2. The average molecular weight is 769 g/mol. The lowest BCUT2D eigenvalue weighted by Crippen LogP contribution is -2.29. The number of phosphoric ester groups is 1. The molecule has 0 unspecified atom stereocenters. The van der Waals surface area contributed by atoms with Gasteiger partial charge in [-0.25, -0.2) is 4.57 Å². The first-order chi connectivity index (χ1) is 25.7. The molecule has 0 fully saturated rings. The van der Waals surface area contributed by atoms with Crippen molar-refractivity contribution in [2.24, 2.45) is 0 Å². The predicted molar refractivity (Wildman–Crippen MR) is 217 cm³/mol. The van der Waals surface area contributed by atoms with Gasteiger partial charge in [-0.3, -0.25) is 14.1 Å². The first-order valence-electron chi connectivity index (χ1n) is 21.0. The van der Waals surface area contributed by atoms with E-state index in [-0.39, 0.29) is 25.6 Å². The Bertz CT molecular complexity index is 1020. The first kappa shape index (κ1) is 51.0. The number of aliphatic hydroxyl groups is 1. The minimum Gasteiger partial charge on any atom is -0.462 e. The molecule has 0 saturated heterocycles. The number of rotatable bonds is 38. The topological polar surface area (TPSA) is 140 Å². The Morgan fingerprint density at radius 1 is 0.566 bits per heavy atom. The maximum atomic E-state index is 12.4. The molecule has 0 bridgehead atoms. The minimum absolute atomic E-state index is 0.175. The summed E-state index contributed by atoms with van der Waals surface area (Å²) in [4.78, 5) is 42.8. The second-order valence-electron chi connectivity index (χ2n) is 14.1. The first-order valence-corrected chi connectivity index (χ1v) is 22.6. The molecule has 0 radical (unpaired) electrons. The number of hydrogen-bond acceptors (Lipinski definition) is 7. The lowest BCUT2D eigenvalue weighted by molar-refractivity contribution is -0.161. The molecular formula is C43H77O9P. The van der Waals surface area contributed by atoms with Crippen LogP contribution in [0.25, 0.3) is 0 Å². The number of aliphatic hydroxyl groups excluding tert-OH is 1. The Labute approximate surface area is 323 Å². The van der Waals surface area contributed by atoms with Gasteiger partial charge < -0.3 is 24.4 Å². The SMILES string of the molecule is CCCCCCCCCCCCCCCCCCCC(=O)O[C@H](COC(=O)CCC/C=C\C/C=C\C/C=C\C/C=C\[C@@H](O)CCCC)COP(=O)(O)O. The summed E-state index contributed by atoms with van der Waals surface area (Å²) in [5.41, 5.74) is 0. The third-order valence-electron chi connectivity index (χ3n) is 8.92. The highest BCUT2D eigenvalue weighted by atomic mass is 31.2. The average Bonchev–Trinajstić information content (AvgIpc) is 3.12. The van der Waals surface area contributed by atoms with Crippen LogP contribution in [-0.4, -0.2) is 52.3 Å². The van der Waals surface area contributed by atoms with Crippen molar-refractivity contribution >= 4 is 19.8 Å². The van der Waals surface area contributed by atoms with E-state index in [1.54, 1.807) is 0 Å². The molecule has 0 saturated carbocycles. The fourth-order valence-corrected chi connectivity index (χ4v) is 6.10. The van der Waals surface area contributed by atoms with Crippen LogP contribution in [0.15, 0.2) is 48.6 Å². The van der Waals surface area contributed by atoms with Gasteiger partial charge in [0, 0.05) is 12.8 Å². The van der Waals surface area contributed by atoms with E-state index in [4.69, 9.17) is 19.3 Å². The Morgan fingerprint density at radius 2 is 1.02 bits per heavy atom. The number of unbranched alkanes of at least 4 members (excludes halogenated alkanes) is 18. The fraction of sp³-hybridized carbons (Fsp3) is 0.767. The molecule has 0 amide bonds. The van der Waals surface area contributed by atoms with E-state index in [0.717, 1.165) is 57.8 Å². The molecule has 3 N–H and O–H groups in total. The summed E-state index contributed by atoms with van der Waals surface area (Å²) in [7, 11) is -4.77. The maximum absolute atomic E-state index is 12.4. The molecule has 0 aromatic carbocycles. The number of carbonyl (C=O) groups is 2. The summed E-state index contributed by atoms with van der Waals surface area (Å²) < 4.78 is 26.3. The Morgan fingerprint density at radius 3 is 1.53 bits per heavy atom. The molecule has 0 aliphatic heterocycles. The summed E-state index contributed by atoms with van der Waals surface area (Å²) >= 11 is 0. The van der Waals surface area contributed by atoms with Gasteiger partial charge >= 0.3 is 19.8 Å². The summed E-state index contributed by atoms with van der Waals surface area (Å²) in [6, 6.07) is 0. The van der Waals surface area contributed by atoms with Gasteiger partial charge in [-0.05, 0) is 44.9 Å². The van der Waals surface area contributed by atoms with Crippen molar-refractivity contribution in [2.75, 3.05) is 13.2 Å². The van der Waals surface area contributed by atoms with E-state index in [0.29, 0.717) is 19.3 Å². The molecule has 308 valence electrons. The molecular weight excluding hydrogens is 691 g/mol. The molecule has 53 heavy (non-hydrogen) atoms. The lowest BCUT2D eigenvalue weighted by atomic mass is 10.0. The van der Waals surface area contributed by atoms with Gasteiger partial charge in [0.2, 0.25) is 0 Å². The molecule has 0 aliphatic carbocycles. The van der Waals surface area contributed by atoms with Crippen molar-refractivity contribution in [3.63, 3.8) is 0 Å². The van der Waals surface area contributed by atoms with Crippen molar-refractivity contribution in [3.8, 4) is 0 Å². The van der Waals surface area contributed by atoms with Crippen LogP contribution >= 0.6 is 7.82 Å². The van der Waals surface area contributed by atoms with Crippen LogP contribution in [0.1, 0.15) is 187 Å². The van der Waals surface area contributed by atoms with Crippen LogP contribution in [0.2, 0.25) is 0 Å². The third-order valence-corrected chi connectivity index (χ3v) is 9.41. The van der Waals surface area contributed by atoms with E-state index in [2.05, 4.69) is 42.7 Å². The van der Waals surface area contributed by atoms with Crippen molar-refractivity contribution in [1.82, 2.24) is 0 Å². The summed E-state index contributed by atoms with van der Waals surface area (Å²) in [5.74, 6) is -0.969. The smallest absolute Gasteiger partial charge is 0.462 e. The zero-order valence-electron chi connectivity index (χ0n) is 33.5. The quantitative estimate of drug-likeness (QED) is 0.0242. The van der Waals surface area contributed by atoms with Crippen molar-refractivity contribution in [3.05, 3.63) is 48.6 Å². The monoisotopic (exact) mass is 769 g/mol. The molecule has 9 nitrogen and oxygen atoms in total. The molecule has 0 aliphatic rings. The normalized spacial score (nSPS) is 13.5. The number of ether oxygens (including phenoxy) is 2. The highest BCUT2D eigenvalue weighted by molar-refractivity contribution is 7.46. The number of phosphoric acid groups is 1. The zero-order chi connectivity index (χ0) is 39.1. The van der Waals surface area contributed by atoms with Gasteiger partial charge in [0.25, 0.3) is 0 Å². The van der Waals surface area contributed by atoms with E-state index >= 15 is 0 Å². The second kappa shape index (κ2) is 38.3. The number of allylic oxidation sites excluding steroid dienone is 7. The molecule has 2 atom stereocenters. The van der Waals surface area contributed by atoms with Gasteiger partial charge in [0.05, 0.1) is 12.7 Å². The fourth-order valence-electron chi connectivity index (χ4n) is 5.74. The molecule has 10 heteroatoms. The van der Waals surface area contributed by atoms with Gasteiger partial charge in [0.15, 0.2) is 6.10 Å². The van der Waals surface area contributed by atoms with E-state index in [9.17, 15) is 19.3 Å². The summed E-state index contributed by atoms with van der Waals surface area (Å²) in [6.45, 7) is 3.49. The zero-order valence-corrected chi connectivity index (χ0v) is 34.4. The third kappa shape index (κ3) is 41.0. The minimum atomic E-state index is -4.77. The standard InChI is InChI=1S/C43H77O9P/c1-3-5-7-8-9-10-11-12-13-14-15-16-21-24-27-30-33-37-43(46)52-41(39-51-53(47,48)49)38-50-42(45)36-32-29-26-23-20-18-17-19-22-25-28-31-35-40(44)34-6-4-2/h17-18,22-23,25-26,31,35,40-41,44H,3-16,19-21,24,27-30,32-34,36-39H2,1-2H3,(H2,47,48,49)/b18-17-,25-22-,26-23-,35-31-/t40-,41+/m0/s1. The van der Waals surface area contributed by atoms with Crippen LogP contribution in [0, 0.1) is 0 Å². The summed E-state index contributed by atoms with van der Waals surface area (Å²) in [5, 5.41) is 9.79. The molecule has 0 heterocycles. The number of hydrogen-bond donors (Lipinski definition) is 3. The van der Waals surface area contributed by atoms with Gasteiger partial charge in [0.1, 0.15) is 6.61 Å². The van der Waals surface area contributed by atoms with E-state index < -0.39 is 32.5 Å². The van der Waals surface area contributed by atoms with Gasteiger partial charge in [-0.1, -0.05) is 178 Å². The highest BCUT2D eigenvalue weighted by Gasteiger charge is 2.22. The van der Waals surface area contributed by atoms with Gasteiger partial charge in [-0.2, -0.15) is 0 Å². The Balaban J connectivity index is 4.03. The van der Waals surface area contributed by atoms with Crippen LogP contribution in [0.3, 0.4) is 0 Å². The van der Waals surface area contributed by atoms with E-state index in [1.807, 2.05) is 24.3 Å². The van der Waals surface area contributed by atoms with Crippen molar-refractivity contribution < 1.29 is 43.0 Å². The Hall–Kier alpha value is -2.03. The molecule has 0 aromatic heterocycles. The highest BCUT2D eigenvalue weighted by Crippen LogP contribution is 2.36. The Kier molecular flexibility index (Phi) is 36.8. The maximum Gasteiger partial charge on any atom is 0.469 e. The van der Waals surface area contributed by atoms with Gasteiger partial charge in [-0.15, -0.1) is 0 Å². The predicted octanol–water partition coefficient (Wildman–Crippen LogP) is 11.7. The summed E-state index contributed by atoms with van der Waals surface area (Å²) in [6.07, 6.45) is 43.1. The molecule has 0 rings (SSSR count). The van der Waals surface area contributed by atoms with Crippen LogP contribution in [-0.2, 0) is 28.2 Å². The molecule has 0 spiro atoms.